The molecular weight excluding hydrogens is 472 g/mol. The van der Waals surface area contributed by atoms with Crippen molar-refractivity contribution in [3.8, 4) is 17.6 Å². The van der Waals surface area contributed by atoms with Crippen molar-refractivity contribution in [2.45, 2.75) is 6.54 Å². The van der Waals surface area contributed by atoms with Crippen molar-refractivity contribution in [2.24, 2.45) is 0 Å². The van der Waals surface area contributed by atoms with Crippen LogP contribution in [0.3, 0.4) is 0 Å². The van der Waals surface area contributed by atoms with Gasteiger partial charge in [-0.3, -0.25) is 10.2 Å². The molecule has 1 amide bonds. The highest BCUT2D eigenvalue weighted by atomic mass is 35.5. The maximum atomic E-state index is 15.1. The van der Waals surface area contributed by atoms with Crippen LogP contribution in [0.4, 0.5) is 4.39 Å². The maximum Gasteiger partial charge on any atom is 0.268 e. The van der Waals surface area contributed by atoms with E-state index in [0.717, 1.165) is 6.21 Å². The predicted molar refractivity (Wildman–Crippen MR) is 121 cm³/mol. The Balaban J connectivity index is 1.80. The number of H-pyrrole nitrogens is 1. The molecule has 11 heteroatoms. The third kappa shape index (κ3) is 5.31. The van der Waals surface area contributed by atoms with Crippen LogP contribution in [0.25, 0.3) is 0 Å². The van der Waals surface area contributed by atoms with Crippen LogP contribution in [0.15, 0.2) is 36.4 Å². The average Bonchev–Trinajstić information content (AvgIpc) is 3.25. The second kappa shape index (κ2) is 10.2. The number of aromatic amines is 1. The number of nitrogens with zero attached hydrogens (tertiary/aromatic N) is 1. The average molecular weight is 488 g/mol. The summed E-state index contributed by atoms with van der Waals surface area (Å²) in [6, 6.07) is 10.3. The number of nitrogens with one attached hydrogen (secondary N) is 4. The summed E-state index contributed by atoms with van der Waals surface area (Å²) in [5, 5.41) is 27.0. The van der Waals surface area contributed by atoms with E-state index in [-0.39, 0.29) is 56.5 Å². The molecule has 1 aromatic heterocycles. The third-order valence-electron chi connectivity index (χ3n) is 4.47. The highest BCUT2D eigenvalue weighted by molar-refractivity contribution is 6.32. The molecule has 0 fully saturated rings. The van der Waals surface area contributed by atoms with Gasteiger partial charge >= 0.3 is 0 Å². The number of carbonyl (C=O) groups is 1. The Morgan fingerprint density at radius 3 is 2.73 bits per heavy atom. The number of halogens is 3. The van der Waals surface area contributed by atoms with Gasteiger partial charge in [-0.2, -0.15) is 5.26 Å². The fraction of sp³-hybridized carbons (Fsp3) is 0.0909. The van der Waals surface area contributed by atoms with Gasteiger partial charge in [-0.05, 0) is 30.3 Å². The number of carbonyl (C=O) groups excluding carboxylic acids is 1. The minimum Gasteiger partial charge on any atom is -0.480 e. The normalized spacial score (nSPS) is 10.3. The molecule has 33 heavy (non-hydrogen) atoms. The number of hydrogen-bond donors (Lipinski definition) is 4. The largest absolute Gasteiger partial charge is 0.480 e. The molecule has 0 saturated heterocycles. The molecule has 0 atom stereocenters. The topological polar surface area (TPSA) is 135 Å². The molecule has 2 aromatic carbocycles. The highest BCUT2D eigenvalue weighted by Crippen LogP contribution is 2.35. The Morgan fingerprint density at radius 2 is 2.06 bits per heavy atom. The first-order valence-corrected chi connectivity index (χ1v) is 10.0. The summed E-state index contributed by atoms with van der Waals surface area (Å²) in [4.78, 5) is 15.2. The fourth-order valence-corrected chi connectivity index (χ4v) is 3.28. The fourth-order valence-electron chi connectivity index (χ4n) is 2.87. The monoisotopic (exact) mass is 487 g/mol. The van der Waals surface area contributed by atoms with Crippen LogP contribution in [0, 0.1) is 28.0 Å². The summed E-state index contributed by atoms with van der Waals surface area (Å²) in [6.07, 6.45) is 0.978. The van der Waals surface area contributed by atoms with E-state index < -0.39 is 11.7 Å². The molecule has 0 unspecified atom stereocenters. The summed E-state index contributed by atoms with van der Waals surface area (Å²) < 4.78 is 25.5. The van der Waals surface area contributed by atoms with Crippen LogP contribution >= 0.6 is 23.2 Å². The minimum absolute atomic E-state index is 0.0104. The lowest BCUT2D eigenvalue weighted by Gasteiger charge is -2.13. The molecule has 1 heterocycles. The number of ether oxygens (including phenoxy) is 2. The number of nitriles is 1. The van der Waals surface area contributed by atoms with Gasteiger partial charge in [0.25, 0.3) is 5.91 Å². The Morgan fingerprint density at radius 1 is 1.30 bits per heavy atom. The molecule has 4 N–H and O–H groups in total. The van der Waals surface area contributed by atoms with E-state index in [1.54, 1.807) is 0 Å². The lowest BCUT2D eigenvalue weighted by atomic mass is 10.2. The lowest BCUT2D eigenvalue weighted by molar-refractivity contribution is 0.0946. The zero-order chi connectivity index (χ0) is 24.1. The number of benzene rings is 2. The molecule has 0 aliphatic heterocycles. The molecule has 0 saturated carbocycles. The van der Waals surface area contributed by atoms with E-state index >= 15 is 4.39 Å². The van der Waals surface area contributed by atoms with E-state index in [0.29, 0.717) is 5.56 Å². The summed E-state index contributed by atoms with van der Waals surface area (Å²) in [5.41, 5.74) is 0.851. The first-order valence-electron chi connectivity index (χ1n) is 9.27. The SMILES string of the molecule is COC(=N)c1[nH]c(C(=O)NCc2ccc(Cl)c(Oc3cc(Cl)cc(C#N)c3)c2F)cc1C=N. The van der Waals surface area contributed by atoms with E-state index in [1.165, 1.54) is 43.5 Å². The summed E-state index contributed by atoms with van der Waals surface area (Å²) >= 11 is 12.1. The van der Waals surface area contributed by atoms with E-state index in [1.807, 2.05) is 6.07 Å². The summed E-state index contributed by atoms with van der Waals surface area (Å²) in [6.45, 7) is -0.201. The summed E-state index contributed by atoms with van der Waals surface area (Å²) in [7, 11) is 1.30. The van der Waals surface area contributed by atoms with E-state index in [4.69, 9.17) is 48.8 Å². The second-order valence-corrected chi connectivity index (χ2v) is 7.46. The second-order valence-electron chi connectivity index (χ2n) is 6.61. The number of aromatic nitrogens is 1. The van der Waals surface area contributed by atoms with Gasteiger partial charge in [0.05, 0.1) is 23.8 Å². The number of methoxy groups -OCH3 is 1. The quantitative estimate of drug-likeness (QED) is 0.274. The molecule has 0 aliphatic rings. The Bertz CT molecular complexity index is 1300. The van der Waals surface area contributed by atoms with Crippen LogP contribution in [0.5, 0.6) is 11.5 Å². The van der Waals surface area contributed by atoms with Gasteiger partial charge in [0.15, 0.2) is 11.6 Å². The van der Waals surface area contributed by atoms with E-state index in [2.05, 4.69) is 10.3 Å². The van der Waals surface area contributed by atoms with E-state index in [9.17, 15) is 4.79 Å². The van der Waals surface area contributed by atoms with Crippen molar-refractivity contribution in [1.29, 1.82) is 16.1 Å². The van der Waals surface area contributed by atoms with Crippen molar-refractivity contribution in [3.63, 3.8) is 0 Å². The van der Waals surface area contributed by atoms with Crippen molar-refractivity contribution in [1.82, 2.24) is 10.3 Å². The standard InChI is InChI=1S/C22H16Cl2FN5O3/c1-32-21(28)19-13(9-27)6-17(30-19)22(31)29-10-12-2-3-16(24)20(18(12)25)33-15-5-11(8-26)4-14(23)7-15/h2-7,9,27-28,30H,10H2,1H3,(H,29,31). The molecule has 0 radical (unpaired) electrons. The third-order valence-corrected chi connectivity index (χ3v) is 4.98. The first kappa shape index (κ1) is 23.8. The Hall–Kier alpha value is -3.87. The van der Waals surface area contributed by atoms with Crippen molar-refractivity contribution < 1.29 is 18.7 Å². The van der Waals surface area contributed by atoms with Gasteiger partial charge in [-0.25, -0.2) is 4.39 Å². The molecule has 0 spiro atoms. The first-order chi connectivity index (χ1) is 15.8. The van der Waals surface area contributed by atoms with Crippen molar-refractivity contribution >= 4 is 41.2 Å². The van der Waals surface area contributed by atoms with Crippen LogP contribution in [-0.2, 0) is 11.3 Å². The molecule has 168 valence electrons. The van der Waals surface area contributed by atoms with Gasteiger partial charge < -0.3 is 25.2 Å². The van der Waals surface area contributed by atoms with Crippen molar-refractivity contribution in [3.05, 3.63) is 80.3 Å². The Labute approximate surface area is 197 Å². The van der Waals surface area contributed by atoms with Crippen molar-refractivity contribution in [2.75, 3.05) is 7.11 Å². The molecule has 3 rings (SSSR count). The van der Waals surface area contributed by atoms with Crippen LogP contribution < -0.4 is 10.1 Å². The van der Waals surface area contributed by atoms with Gasteiger partial charge in [0.2, 0.25) is 5.90 Å². The zero-order valence-corrected chi connectivity index (χ0v) is 18.6. The van der Waals surface area contributed by atoms with Gasteiger partial charge in [-0.1, -0.05) is 29.3 Å². The lowest BCUT2D eigenvalue weighted by Crippen LogP contribution is -2.24. The number of amides is 1. The molecule has 0 aliphatic carbocycles. The van der Waals surface area contributed by atoms with Gasteiger partial charge in [0, 0.05) is 28.9 Å². The minimum atomic E-state index is -0.796. The molecule has 8 nitrogen and oxygen atoms in total. The Kier molecular flexibility index (Phi) is 7.33. The number of hydrogen-bond acceptors (Lipinski definition) is 6. The van der Waals surface area contributed by atoms with Gasteiger partial charge in [-0.15, -0.1) is 0 Å². The molecule has 0 bridgehead atoms. The predicted octanol–water partition coefficient (Wildman–Crippen LogP) is 5.02. The summed E-state index contributed by atoms with van der Waals surface area (Å²) in [5.74, 6) is -1.77. The van der Waals surface area contributed by atoms with Crippen LogP contribution in [0.2, 0.25) is 10.0 Å². The zero-order valence-electron chi connectivity index (χ0n) is 17.1. The maximum absolute atomic E-state index is 15.1. The van der Waals surface area contributed by atoms with Crippen LogP contribution in [0.1, 0.15) is 32.9 Å². The highest BCUT2D eigenvalue weighted by Gasteiger charge is 2.19. The number of rotatable bonds is 7. The molecule has 3 aromatic rings. The molecular formula is C22H16Cl2FN5O3. The smallest absolute Gasteiger partial charge is 0.268 e. The van der Waals surface area contributed by atoms with Gasteiger partial charge in [0.1, 0.15) is 17.1 Å². The van der Waals surface area contributed by atoms with Crippen LogP contribution in [-0.4, -0.2) is 30.1 Å².